The zero-order valence-electron chi connectivity index (χ0n) is 19.3. The fourth-order valence-corrected chi connectivity index (χ4v) is 4.59. The van der Waals surface area contributed by atoms with Crippen molar-refractivity contribution in [3.63, 3.8) is 0 Å². The molecule has 0 saturated carbocycles. The number of guanidine groups is 1. The van der Waals surface area contributed by atoms with Crippen LogP contribution in [0.15, 0.2) is 35.3 Å². The molecule has 2 aliphatic rings. The van der Waals surface area contributed by atoms with Crippen molar-refractivity contribution in [3.05, 3.63) is 62.9 Å². The van der Waals surface area contributed by atoms with Gasteiger partial charge in [0.2, 0.25) is 0 Å². The summed E-state index contributed by atoms with van der Waals surface area (Å²) in [7, 11) is 1.70. The first-order valence-corrected chi connectivity index (χ1v) is 12.2. The molecule has 0 aliphatic carbocycles. The van der Waals surface area contributed by atoms with Gasteiger partial charge in [-0.25, -0.2) is 4.98 Å². The van der Waals surface area contributed by atoms with Crippen LogP contribution in [0.25, 0.3) is 0 Å². The van der Waals surface area contributed by atoms with Gasteiger partial charge in [0.1, 0.15) is 11.9 Å². The van der Waals surface area contributed by atoms with Gasteiger partial charge in [0.25, 0.3) is 5.91 Å². The van der Waals surface area contributed by atoms with Crippen molar-refractivity contribution in [2.45, 2.75) is 38.6 Å². The third-order valence-electron chi connectivity index (χ3n) is 6.03. The summed E-state index contributed by atoms with van der Waals surface area (Å²) in [4.78, 5) is 22.2. The zero-order chi connectivity index (χ0) is 24.1. The van der Waals surface area contributed by atoms with Crippen LogP contribution >= 0.6 is 23.2 Å². The van der Waals surface area contributed by atoms with E-state index in [2.05, 4.69) is 39.2 Å². The first-order chi connectivity index (χ1) is 16.4. The number of hydrogen-bond acceptors (Lipinski definition) is 7. The second-order valence-corrected chi connectivity index (χ2v) is 9.55. The van der Waals surface area contributed by atoms with Crippen LogP contribution in [0.3, 0.4) is 0 Å². The van der Waals surface area contributed by atoms with Gasteiger partial charge in [-0.3, -0.25) is 15.1 Å². The minimum Gasteiger partial charge on any atom is -0.366 e. The largest absolute Gasteiger partial charge is 0.366 e. The molecule has 1 aromatic carbocycles. The Balaban J connectivity index is 1.56. The van der Waals surface area contributed by atoms with E-state index in [1.165, 1.54) is 0 Å². The van der Waals surface area contributed by atoms with Crippen molar-refractivity contribution in [2.24, 2.45) is 10.9 Å². The molecule has 2 aliphatic heterocycles. The normalized spacial score (nSPS) is 22.1. The Morgan fingerprint density at radius 2 is 2.03 bits per heavy atom. The minimum atomic E-state index is -0.253. The molecule has 34 heavy (non-hydrogen) atoms. The zero-order valence-corrected chi connectivity index (χ0v) is 20.8. The highest BCUT2D eigenvalue weighted by Crippen LogP contribution is 2.31. The molecular weight excluding hydrogens is 475 g/mol. The van der Waals surface area contributed by atoms with Gasteiger partial charge >= 0.3 is 0 Å². The van der Waals surface area contributed by atoms with E-state index in [4.69, 9.17) is 32.9 Å². The van der Waals surface area contributed by atoms with Crippen LogP contribution in [0.5, 0.6) is 0 Å². The number of aromatic nitrogens is 1. The molecule has 1 fully saturated rings. The molecule has 1 aromatic heterocycles. The third kappa shape index (κ3) is 6.18. The molecule has 0 radical (unpaired) electrons. The quantitative estimate of drug-likeness (QED) is 0.462. The van der Waals surface area contributed by atoms with Crippen LogP contribution in [0.2, 0.25) is 10.0 Å². The van der Waals surface area contributed by atoms with Crippen LogP contribution in [0.1, 0.15) is 46.6 Å². The predicted octanol–water partition coefficient (Wildman–Crippen LogP) is 3.05. The minimum absolute atomic E-state index is 0.0391. The number of benzene rings is 1. The highest BCUT2D eigenvalue weighted by Gasteiger charge is 2.31. The molecule has 3 atom stereocenters. The number of piperidine rings is 1. The van der Waals surface area contributed by atoms with Crippen molar-refractivity contribution < 1.29 is 9.53 Å². The van der Waals surface area contributed by atoms with Crippen molar-refractivity contribution in [1.29, 1.82) is 0 Å². The highest BCUT2D eigenvalue weighted by molar-refractivity contribution is 6.42. The van der Waals surface area contributed by atoms with Gasteiger partial charge in [-0.1, -0.05) is 36.2 Å². The number of pyridine rings is 1. The lowest BCUT2D eigenvalue weighted by Gasteiger charge is -2.34. The molecule has 1 amide bonds. The Kier molecular flexibility index (Phi) is 8.26. The molecule has 3 unspecified atom stereocenters. The van der Waals surface area contributed by atoms with Gasteiger partial charge < -0.3 is 20.7 Å². The highest BCUT2D eigenvalue weighted by atomic mass is 35.5. The molecule has 10 heteroatoms. The summed E-state index contributed by atoms with van der Waals surface area (Å²) in [5.41, 5.74) is 3.01. The molecule has 3 heterocycles. The lowest BCUT2D eigenvalue weighted by atomic mass is 9.87. The van der Waals surface area contributed by atoms with Crippen LogP contribution in [-0.4, -0.2) is 49.8 Å². The molecule has 0 bridgehead atoms. The number of aliphatic imine (C=N–C) groups is 1. The molecule has 0 spiro atoms. The average molecular weight is 505 g/mol. The molecule has 4 rings (SSSR count). The maximum Gasteiger partial charge on any atom is 0.270 e. The molecule has 2 aromatic rings. The summed E-state index contributed by atoms with van der Waals surface area (Å²) in [6.45, 7) is 5.52. The summed E-state index contributed by atoms with van der Waals surface area (Å²) < 4.78 is 5.69. The second-order valence-electron chi connectivity index (χ2n) is 8.74. The molecule has 4 N–H and O–H groups in total. The molecule has 182 valence electrons. The Morgan fingerprint density at radius 1 is 1.18 bits per heavy atom. The van der Waals surface area contributed by atoms with Crippen LogP contribution < -0.4 is 21.3 Å². The SMILES string of the molecule is COC1NCC(C)CC1c1cc(CNC2=NCCN2)cc(C(=O)NCc2ccc(Cl)c(Cl)c2)n1. The Bertz CT molecular complexity index is 1060. The fraction of sp³-hybridized carbons (Fsp3) is 0.458. The van der Waals surface area contributed by atoms with Gasteiger partial charge in [-0.05, 0) is 47.7 Å². The van der Waals surface area contributed by atoms with Crippen molar-refractivity contribution in [1.82, 2.24) is 26.3 Å². The van der Waals surface area contributed by atoms with Crippen LogP contribution in [0, 0.1) is 5.92 Å². The Morgan fingerprint density at radius 3 is 2.76 bits per heavy atom. The predicted molar refractivity (Wildman–Crippen MR) is 134 cm³/mol. The number of amides is 1. The monoisotopic (exact) mass is 504 g/mol. The standard InChI is InChI=1S/C24H30Cl2N6O2/c1-14-7-17(23(34-2)30-11-14)20-9-16(13-31-24-27-5-6-28-24)10-21(32-20)22(33)29-12-15-3-4-18(25)19(26)8-15/h3-4,8-10,14,17,23,30H,5-7,11-13H2,1-2H3,(H,29,33)(H2,27,28,31). The van der Waals surface area contributed by atoms with Crippen molar-refractivity contribution >= 4 is 35.1 Å². The van der Waals surface area contributed by atoms with Crippen LogP contribution in [0.4, 0.5) is 0 Å². The maximum absolute atomic E-state index is 13.1. The summed E-state index contributed by atoms with van der Waals surface area (Å²) in [6.07, 6.45) is 0.772. The smallest absolute Gasteiger partial charge is 0.270 e. The number of carbonyl (C=O) groups is 1. The van der Waals surface area contributed by atoms with E-state index < -0.39 is 0 Å². The lowest BCUT2D eigenvalue weighted by Crippen LogP contribution is -2.45. The van der Waals surface area contributed by atoms with Gasteiger partial charge in [0.05, 0.1) is 16.6 Å². The number of rotatable bonds is 7. The van der Waals surface area contributed by atoms with E-state index in [0.29, 0.717) is 34.7 Å². The van der Waals surface area contributed by atoms with Crippen LogP contribution in [-0.2, 0) is 17.8 Å². The topological polar surface area (TPSA) is 99.7 Å². The second kappa shape index (κ2) is 11.4. The molecule has 1 saturated heterocycles. The summed E-state index contributed by atoms with van der Waals surface area (Å²) in [5.74, 6) is 1.03. The van der Waals surface area contributed by atoms with Gasteiger partial charge in [-0.2, -0.15) is 0 Å². The summed E-state index contributed by atoms with van der Waals surface area (Å²) in [6, 6.07) is 9.17. The Hall–Kier alpha value is -2.39. The lowest BCUT2D eigenvalue weighted by molar-refractivity contribution is 0.0214. The number of carbonyl (C=O) groups excluding carboxylic acids is 1. The van der Waals surface area contributed by atoms with Crippen molar-refractivity contribution in [3.8, 4) is 0 Å². The third-order valence-corrected chi connectivity index (χ3v) is 6.77. The van der Waals surface area contributed by atoms with Gasteiger partial charge in [0.15, 0.2) is 5.96 Å². The van der Waals surface area contributed by atoms with Crippen molar-refractivity contribution in [2.75, 3.05) is 26.7 Å². The Labute approximate surface area is 209 Å². The van der Waals surface area contributed by atoms with E-state index >= 15 is 0 Å². The first kappa shape index (κ1) is 24.7. The van der Waals surface area contributed by atoms with Gasteiger partial charge in [-0.15, -0.1) is 0 Å². The summed E-state index contributed by atoms with van der Waals surface area (Å²) in [5, 5.41) is 13.8. The average Bonchev–Trinajstić information content (AvgIpc) is 3.37. The first-order valence-electron chi connectivity index (χ1n) is 11.4. The van der Waals surface area contributed by atoms with E-state index in [-0.39, 0.29) is 18.1 Å². The van der Waals surface area contributed by atoms with E-state index in [0.717, 1.165) is 48.8 Å². The number of nitrogens with zero attached hydrogens (tertiary/aromatic N) is 2. The number of halogens is 2. The molecular formula is C24H30Cl2N6O2. The number of hydrogen-bond donors (Lipinski definition) is 4. The van der Waals surface area contributed by atoms with E-state index in [9.17, 15) is 4.79 Å². The summed E-state index contributed by atoms with van der Waals surface area (Å²) >= 11 is 12.1. The maximum atomic E-state index is 13.1. The van der Waals surface area contributed by atoms with Gasteiger partial charge in [0, 0.05) is 44.9 Å². The number of methoxy groups -OCH3 is 1. The van der Waals surface area contributed by atoms with E-state index in [1.807, 2.05) is 12.1 Å². The van der Waals surface area contributed by atoms with E-state index in [1.54, 1.807) is 19.2 Å². The number of nitrogens with one attached hydrogen (secondary N) is 4. The fourth-order valence-electron chi connectivity index (χ4n) is 4.27. The number of ether oxygens (including phenoxy) is 1. The molecule has 8 nitrogen and oxygen atoms in total.